The minimum Gasteiger partial charge on any atom is -0.497 e. The summed E-state index contributed by atoms with van der Waals surface area (Å²) in [6.07, 6.45) is 0. The van der Waals surface area contributed by atoms with E-state index in [1.807, 2.05) is 0 Å². The van der Waals surface area contributed by atoms with Crippen molar-refractivity contribution in [2.75, 3.05) is 32.4 Å². The Labute approximate surface area is 156 Å². The molecule has 7 nitrogen and oxygen atoms in total. The van der Waals surface area contributed by atoms with Crippen LogP contribution in [0.25, 0.3) is 0 Å². The van der Waals surface area contributed by atoms with E-state index in [0.717, 1.165) is 0 Å². The van der Waals surface area contributed by atoms with Gasteiger partial charge in [0.2, 0.25) is 5.91 Å². The molecule has 1 aromatic heterocycles. The summed E-state index contributed by atoms with van der Waals surface area (Å²) >= 11 is 1.37. The molecular weight excluding hydrogens is 358 g/mol. The van der Waals surface area contributed by atoms with Gasteiger partial charge in [-0.15, -0.1) is 11.8 Å². The molecule has 0 atom stereocenters. The standard InChI is InChI=1S/C18H21NO6S/c1-11-14(18(21)24-4)7-13(25-11)9-26-10-17(20)19-15-8-12(22-2)5-6-16(15)23-3/h5-8H,9-10H2,1-4H3,(H,19,20). The van der Waals surface area contributed by atoms with Gasteiger partial charge in [-0.25, -0.2) is 4.79 Å². The third-order valence-electron chi connectivity index (χ3n) is 3.53. The Balaban J connectivity index is 1.91. The van der Waals surface area contributed by atoms with Crippen molar-refractivity contribution in [3.05, 3.63) is 41.3 Å². The Kier molecular flexibility index (Phi) is 6.97. The lowest BCUT2D eigenvalue weighted by atomic mass is 10.2. The maximum Gasteiger partial charge on any atom is 0.341 e. The van der Waals surface area contributed by atoms with Crippen LogP contribution in [-0.4, -0.2) is 39.0 Å². The van der Waals surface area contributed by atoms with E-state index in [9.17, 15) is 9.59 Å². The molecule has 0 radical (unpaired) electrons. The third-order valence-corrected chi connectivity index (χ3v) is 4.49. The molecule has 8 heteroatoms. The number of anilines is 1. The molecule has 0 spiro atoms. The highest BCUT2D eigenvalue weighted by Gasteiger charge is 2.16. The zero-order valence-corrected chi connectivity index (χ0v) is 15.9. The van der Waals surface area contributed by atoms with Crippen molar-refractivity contribution in [3.8, 4) is 11.5 Å². The number of carbonyl (C=O) groups excluding carboxylic acids is 2. The lowest BCUT2D eigenvalue weighted by molar-refractivity contribution is -0.113. The molecule has 0 aliphatic carbocycles. The second kappa shape index (κ2) is 9.19. The largest absolute Gasteiger partial charge is 0.497 e. The highest BCUT2D eigenvalue weighted by atomic mass is 32.2. The third kappa shape index (κ3) is 4.95. The monoisotopic (exact) mass is 379 g/mol. The number of hydrogen-bond acceptors (Lipinski definition) is 7. The minimum atomic E-state index is -0.439. The van der Waals surface area contributed by atoms with E-state index >= 15 is 0 Å². The Bertz CT molecular complexity index is 786. The van der Waals surface area contributed by atoms with E-state index in [1.165, 1.54) is 26.0 Å². The molecule has 0 saturated heterocycles. The summed E-state index contributed by atoms with van der Waals surface area (Å²) in [7, 11) is 4.40. The first-order valence-corrected chi connectivity index (χ1v) is 8.91. The number of hydrogen-bond donors (Lipinski definition) is 1. The molecule has 0 unspecified atom stereocenters. The Morgan fingerprint density at radius 1 is 1.15 bits per heavy atom. The van der Waals surface area contributed by atoms with Crippen LogP contribution < -0.4 is 14.8 Å². The second-order valence-electron chi connectivity index (χ2n) is 5.28. The number of methoxy groups -OCH3 is 3. The van der Waals surface area contributed by atoms with Gasteiger partial charge in [0.05, 0.1) is 38.5 Å². The summed E-state index contributed by atoms with van der Waals surface area (Å²) in [5.74, 6) is 2.33. The van der Waals surface area contributed by atoms with Crippen LogP contribution in [0.1, 0.15) is 21.9 Å². The van der Waals surface area contributed by atoms with E-state index in [-0.39, 0.29) is 11.7 Å². The summed E-state index contributed by atoms with van der Waals surface area (Å²) in [6, 6.07) is 6.81. The van der Waals surface area contributed by atoms with Gasteiger partial charge >= 0.3 is 5.97 Å². The zero-order chi connectivity index (χ0) is 19.1. The highest BCUT2D eigenvalue weighted by molar-refractivity contribution is 7.99. The van der Waals surface area contributed by atoms with Crippen LogP contribution >= 0.6 is 11.8 Å². The first-order valence-electron chi connectivity index (χ1n) is 7.75. The van der Waals surface area contributed by atoms with Crippen LogP contribution in [0.3, 0.4) is 0 Å². The lowest BCUT2D eigenvalue weighted by Crippen LogP contribution is -2.15. The average molecular weight is 379 g/mol. The van der Waals surface area contributed by atoms with E-state index in [1.54, 1.807) is 38.3 Å². The number of thioether (sulfide) groups is 1. The molecule has 1 amide bonds. The Hall–Kier alpha value is -2.61. The second-order valence-corrected chi connectivity index (χ2v) is 6.27. The first-order chi connectivity index (χ1) is 12.5. The number of benzene rings is 1. The summed E-state index contributed by atoms with van der Waals surface area (Å²) in [5, 5.41) is 2.80. The van der Waals surface area contributed by atoms with Crippen LogP contribution in [0.5, 0.6) is 11.5 Å². The molecule has 2 aromatic rings. The fourth-order valence-electron chi connectivity index (χ4n) is 2.27. The van der Waals surface area contributed by atoms with Crippen molar-refractivity contribution in [1.82, 2.24) is 0 Å². The SMILES string of the molecule is COC(=O)c1cc(CSCC(=O)Nc2cc(OC)ccc2OC)oc1C. The molecule has 0 saturated carbocycles. The quantitative estimate of drug-likeness (QED) is 0.704. The Morgan fingerprint density at radius 2 is 1.92 bits per heavy atom. The van der Waals surface area contributed by atoms with E-state index in [4.69, 9.17) is 13.9 Å². The fraction of sp³-hybridized carbons (Fsp3) is 0.333. The number of amides is 1. The van der Waals surface area contributed by atoms with Crippen molar-refractivity contribution in [2.45, 2.75) is 12.7 Å². The van der Waals surface area contributed by atoms with Crippen molar-refractivity contribution in [3.63, 3.8) is 0 Å². The topological polar surface area (TPSA) is 87.0 Å². The molecule has 1 N–H and O–H groups in total. The molecule has 0 bridgehead atoms. The zero-order valence-electron chi connectivity index (χ0n) is 15.1. The summed E-state index contributed by atoms with van der Waals surface area (Å²) in [5.41, 5.74) is 0.938. The summed E-state index contributed by atoms with van der Waals surface area (Å²) in [6.45, 7) is 1.70. The van der Waals surface area contributed by atoms with Crippen molar-refractivity contribution in [1.29, 1.82) is 0 Å². The number of rotatable bonds is 8. The van der Waals surface area contributed by atoms with Crippen LogP contribution in [0.4, 0.5) is 5.69 Å². The van der Waals surface area contributed by atoms with Crippen LogP contribution in [-0.2, 0) is 15.3 Å². The molecule has 26 heavy (non-hydrogen) atoms. The first kappa shape index (κ1) is 19.7. The fourth-order valence-corrected chi connectivity index (χ4v) is 2.97. The van der Waals surface area contributed by atoms with E-state index < -0.39 is 5.97 Å². The highest BCUT2D eigenvalue weighted by Crippen LogP contribution is 2.29. The van der Waals surface area contributed by atoms with Gasteiger partial charge in [0.15, 0.2) is 0 Å². The van der Waals surface area contributed by atoms with Gasteiger partial charge in [-0.1, -0.05) is 0 Å². The lowest BCUT2D eigenvalue weighted by Gasteiger charge is -2.11. The normalized spacial score (nSPS) is 10.3. The van der Waals surface area contributed by atoms with Gasteiger partial charge in [-0.05, 0) is 25.1 Å². The average Bonchev–Trinajstić information content (AvgIpc) is 3.01. The summed E-state index contributed by atoms with van der Waals surface area (Å²) in [4.78, 5) is 23.7. The smallest absolute Gasteiger partial charge is 0.341 e. The number of ether oxygens (including phenoxy) is 3. The van der Waals surface area contributed by atoms with Gasteiger partial charge in [0, 0.05) is 6.07 Å². The molecule has 140 valence electrons. The number of nitrogens with one attached hydrogen (secondary N) is 1. The molecular formula is C18H21NO6S. The van der Waals surface area contributed by atoms with Gasteiger partial charge < -0.3 is 23.9 Å². The predicted molar refractivity (Wildman–Crippen MR) is 99.1 cm³/mol. The summed E-state index contributed by atoms with van der Waals surface area (Å²) < 4.78 is 20.6. The van der Waals surface area contributed by atoms with Crippen molar-refractivity contribution in [2.24, 2.45) is 0 Å². The molecule has 0 fully saturated rings. The van der Waals surface area contributed by atoms with Crippen LogP contribution in [0.15, 0.2) is 28.7 Å². The van der Waals surface area contributed by atoms with Crippen LogP contribution in [0, 0.1) is 6.92 Å². The van der Waals surface area contributed by atoms with Crippen LogP contribution in [0.2, 0.25) is 0 Å². The molecule has 2 rings (SSSR count). The Morgan fingerprint density at radius 3 is 2.58 bits per heavy atom. The predicted octanol–water partition coefficient (Wildman–Crippen LogP) is 3.26. The van der Waals surface area contributed by atoms with E-state index in [0.29, 0.717) is 40.0 Å². The van der Waals surface area contributed by atoms with Gasteiger partial charge in [-0.2, -0.15) is 0 Å². The number of esters is 1. The maximum absolute atomic E-state index is 12.2. The molecule has 0 aliphatic rings. The van der Waals surface area contributed by atoms with E-state index in [2.05, 4.69) is 10.1 Å². The number of furan rings is 1. The minimum absolute atomic E-state index is 0.182. The van der Waals surface area contributed by atoms with Crippen molar-refractivity contribution < 1.29 is 28.2 Å². The molecule has 1 aromatic carbocycles. The molecule has 1 heterocycles. The number of carbonyl (C=O) groups is 2. The van der Waals surface area contributed by atoms with Crippen molar-refractivity contribution >= 4 is 29.3 Å². The maximum atomic E-state index is 12.2. The molecule has 0 aliphatic heterocycles. The number of aryl methyl sites for hydroxylation is 1. The van der Waals surface area contributed by atoms with Gasteiger partial charge in [0.25, 0.3) is 0 Å². The van der Waals surface area contributed by atoms with Gasteiger partial charge in [0.1, 0.15) is 28.6 Å². The van der Waals surface area contributed by atoms with Gasteiger partial charge in [-0.3, -0.25) is 4.79 Å².